The molecule has 6 nitrogen and oxygen atoms in total. The van der Waals surface area contributed by atoms with Crippen LogP contribution in [0.3, 0.4) is 0 Å². The number of hydrogen-bond donors (Lipinski definition) is 1. The number of aryl methyl sites for hydroxylation is 1. The maximum atomic E-state index is 15.5. The highest BCUT2D eigenvalue weighted by Gasteiger charge is 2.30. The zero-order valence-corrected chi connectivity index (χ0v) is 21.7. The number of benzene rings is 1. The number of alkyl halides is 1. The van der Waals surface area contributed by atoms with E-state index in [-0.39, 0.29) is 12.3 Å². The normalized spacial score (nSPS) is 19.1. The summed E-state index contributed by atoms with van der Waals surface area (Å²) in [7, 11) is 1.61. The van der Waals surface area contributed by atoms with Crippen molar-refractivity contribution < 1.29 is 19.0 Å². The van der Waals surface area contributed by atoms with Gasteiger partial charge in [-0.2, -0.15) is 0 Å². The van der Waals surface area contributed by atoms with E-state index in [0.29, 0.717) is 30.1 Å². The second kappa shape index (κ2) is 13.5. The number of ether oxygens (including phenoxy) is 1. The number of aliphatic carboxylic acids is 1. The lowest BCUT2D eigenvalue weighted by Crippen LogP contribution is -2.41. The zero-order valence-electron chi connectivity index (χ0n) is 21.7. The Morgan fingerprint density at radius 1 is 1.14 bits per heavy atom. The molecule has 1 fully saturated rings. The fourth-order valence-corrected chi connectivity index (χ4v) is 5.63. The fourth-order valence-electron chi connectivity index (χ4n) is 5.63. The van der Waals surface area contributed by atoms with Crippen LogP contribution >= 0.6 is 0 Å². The molecule has 1 saturated heterocycles. The number of pyridine rings is 2. The molecule has 4 rings (SSSR count). The molecular weight excluding hydrogens is 469 g/mol. The number of hydrogen-bond acceptors (Lipinski definition) is 5. The summed E-state index contributed by atoms with van der Waals surface area (Å²) in [6, 6.07) is 13.3. The molecule has 198 valence electrons. The van der Waals surface area contributed by atoms with Crippen LogP contribution in [0.5, 0.6) is 5.75 Å². The third-order valence-corrected chi connectivity index (χ3v) is 7.70. The maximum absolute atomic E-state index is 15.5. The van der Waals surface area contributed by atoms with Crippen molar-refractivity contribution in [3.8, 4) is 5.75 Å². The Morgan fingerprint density at radius 3 is 2.81 bits per heavy atom. The monoisotopic (exact) mass is 507 g/mol. The summed E-state index contributed by atoms with van der Waals surface area (Å²) in [5.74, 6) is 0.550. The standard InChI is InChI=1S/C30H38FN3O3/c1-37-25-10-12-29-27(20-25)26(14-17-33-29)28(31)11-8-22-15-19-34(21-23(22)9-13-30(35)36)18-5-3-7-24-6-2-4-16-32-24/h2,4,6,10,12,14,16-17,20,22-23,28H,3,5,7-9,11,13,15,18-19,21H2,1H3,(H,35,36)/t22-,23+,28?/m1/s1. The third kappa shape index (κ3) is 7.71. The number of aromatic nitrogens is 2. The highest BCUT2D eigenvalue weighted by Crippen LogP contribution is 2.36. The molecule has 0 bridgehead atoms. The lowest BCUT2D eigenvalue weighted by atomic mass is 9.79. The van der Waals surface area contributed by atoms with Crippen molar-refractivity contribution in [2.75, 3.05) is 26.7 Å². The topological polar surface area (TPSA) is 75.5 Å². The van der Waals surface area contributed by atoms with Gasteiger partial charge < -0.3 is 14.7 Å². The van der Waals surface area contributed by atoms with Crippen molar-refractivity contribution in [1.82, 2.24) is 14.9 Å². The van der Waals surface area contributed by atoms with Gasteiger partial charge in [-0.25, -0.2) is 4.39 Å². The predicted molar refractivity (Wildman–Crippen MR) is 143 cm³/mol. The predicted octanol–water partition coefficient (Wildman–Crippen LogP) is 6.26. The highest BCUT2D eigenvalue weighted by atomic mass is 19.1. The van der Waals surface area contributed by atoms with Gasteiger partial charge in [0.25, 0.3) is 0 Å². The Bertz CT molecular complexity index is 1140. The SMILES string of the molecule is COc1ccc2nccc(C(F)CC[C@@H]3CCN(CCCCc4ccccn4)C[C@@H]3CCC(=O)O)c2c1. The molecule has 3 aromatic rings. The van der Waals surface area contributed by atoms with Gasteiger partial charge >= 0.3 is 5.97 Å². The smallest absolute Gasteiger partial charge is 0.303 e. The summed E-state index contributed by atoms with van der Waals surface area (Å²) in [6.07, 6.45) is 8.56. The minimum atomic E-state index is -1.10. The van der Waals surface area contributed by atoms with Gasteiger partial charge in [0.05, 0.1) is 12.6 Å². The molecule has 3 heterocycles. The van der Waals surface area contributed by atoms with Crippen molar-refractivity contribution in [2.24, 2.45) is 11.8 Å². The first-order chi connectivity index (χ1) is 18.0. The minimum Gasteiger partial charge on any atom is -0.497 e. The van der Waals surface area contributed by atoms with E-state index >= 15 is 4.39 Å². The number of carboxylic acids is 1. The van der Waals surface area contributed by atoms with Gasteiger partial charge in [0.15, 0.2) is 0 Å². The largest absolute Gasteiger partial charge is 0.497 e. The van der Waals surface area contributed by atoms with Crippen LogP contribution in [0.25, 0.3) is 10.9 Å². The summed E-state index contributed by atoms with van der Waals surface area (Å²) in [6.45, 7) is 2.90. The Morgan fingerprint density at radius 2 is 2.03 bits per heavy atom. The number of rotatable bonds is 13. The van der Waals surface area contributed by atoms with Gasteiger partial charge in [0.1, 0.15) is 11.9 Å². The van der Waals surface area contributed by atoms with E-state index in [1.54, 1.807) is 19.4 Å². The molecule has 0 aliphatic carbocycles. The Kier molecular flexibility index (Phi) is 9.83. The number of fused-ring (bicyclic) bond motifs is 1. The number of carboxylic acid groups (broad SMARTS) is 1. The van der Waals surface area contributed by atoms with E-state index in [9.17, 15) is 9.90 Å². The fraction of sp³-hybridized carbons (Fsp3) is 0.500. The molecule has 0 radical (unpaired) electrons. The van der Waals surface area contributed by atoms with Crippen LogP contribution in [0.15, 0.2) is 54.9 Å². The number of halogens is 1. The molecule has 0 amide bonds. The zero-order chi connectivity index (χ0) is 26.0. The van der Waals surface area contributed by atoms with Crippen LogP contribution in [0, 0.1) is 11.8 Å². The van der Waals surface area contributed by atoms with Gasteiger partial charge in [-0.3, -0.25) is 14.8 Å². The van der Waals surface area contributed by atoms with Gasteiger partial charge in [-0.15, -0.1) is 0 Å². The average molecular weight is 508 g/mol. The number of nitrogens with zero attached hydrogens (tertiary/aromatic N) is 3. The molecule has 1 unspecified atom stereocenters. The Hall–Kier alpha value is -3.06. The minimum absolute atomic E-state index is 0.169. The molecule has 7 heteroatoms. The van der Waals surface area contributed by atoms with E-state index in [1.165, 1.54) is 0 Å². The van der Waals surface area contributed by atoms with Crippen molar-refractivity contribution in [3.63, 3.8) is 0 Å². The summed E-state index contributed by atoms with van der Waals surface area (Å²) in [4.78, 5) is 22.5. The molecule has 0 saturated carbocycles. The van der Waals surface area contributed by atoms with Gasteiger partial charge in [-0.05, 0) is 112 Å². The molecule has 0 spiro atoms. The van der Waals surface area contributed by atoms with Crippen LogP contribution in [0.2, 0.25) is 0 Å². The number of carbonyl (C=O) groups is 1. The lowest BCUT2D eigenvalue weighted by molar-refractivity contribution is -0.137. The van der Waals surface area contributed by atoms with E-state index in [4.69, 9.17) is 4.74 Å². The number of piperidine rings is 1. The van der Waals surface area contributed by atoms with E-state index in [2.05, 4.69) is 20.9 Å². The Balaban J connectivity index is 1.32. The second-order valence-electron chi connectivity index (χ2n) is 10.1. The molecule has 1 N–H and O–H groups in total. The van der Waals surface area contributed by atoms with E-state index in [0.717, 1.165) is 68.3 Å². The van der Waals surface area contributed by atoms with Gasteiger partial charge in [0.2, 0.25) is 0 Å². The second-order valence-corrected chi connectivity index (χ2v) is 10.1. The van der Waals surface area contributed by atoms with Gasteiger partial charge in [0, 0.05) is 36.4 Å². The number of unbranched alkanes of at least 4 members (excludes halogenated alkanes) is 1. The van der Waals surface area contributed by atoms with Crippen LogP contribution < -0.4 is 4.74 Å². The van der Waals surface area contributed by atoms with E-state index < -0.39 is 12.1 Å². The van der Waals surface area contributed by atoms with Crippen molar-refractivity contribution in [2.45, 2.75) is 57.5 Å². The summed E-state index contributed by atoms with van der Waals surface area (Å²) in [5, 5.41) is 10.1. The van der Waals surface area contributed by atoms with Crippen molar-refractivity contribution >= 4 is 16.9 Å². The quantitative estimate of drug-likeness (QED) is 0.276. The van der Waals surface area contributed by atoms with Crippen LogP contribution in [-0.2, 0) is 11.2 Å². The highest BCUT2D eigenvalue weighted by molar-refractivity contribution is 5.83. The summed E-state index contributed by atoms with van der Waals surface area (Å²) >= 11 is 0. The van der Waals surface area contributed by atoms with E-state index in [1.807, 2.05) is 36.5 Å². The van der Waals surface area contributed by atoms with Crippen LogP contribution in [0.4, 0.5) is 4.39 Å². The van der Waals surface area contributed by atoms with Crippen molar-refractivity contribution in [3.05, 3.63) is 66.1 Å². The molecular formula is C30H38FN3O3. The van der Waals surface area contributed by atoms with Crippen LogP contribution in [-0.4, -0.2) is 52.7 Å². The first kappa shape index (κ1) is 27.0. The number of likely N-dealkylation sites (tertiary alicyclic amines) is 1. The molecule has 1 aromatic carbocycles. The Labute approximate surface area is 218 Å². The summed E-state index contributed by atoms with van der Waals surface area (Å²) in [5.41, 5.74) is 2.54. The molecule has 1 aliphatic heterocycles. The van der Waals surface area contributed by atoms with Crippen molar-refractivity contribution in [1.29, 1.82) is 0 Å². The average Bonchev–Trinajstić information content (AvgIpc) is 2.93. The first-order valence-corrected chi connectivity index (χ1v) is 13.4. The molecule has 3 atom stereocenters. The first-order valence-electron chi connectivity index (χ1n) is 13.4. The lowest BCUT2D eigenvalue weighted by Gasteiger charge is -2.39. The van der Waals surface area contributed by atoms with Crippen LogP contribution in [0.1, 0.15) is 62.4 Å². The van der Waals surface area contributed by atoms with Gasteiger partial charge in [-0.1, -0.05) is 6.07 Å². The molecule has 37 heavy (non-hydrogen) atoms. The number of methoxy groups -OCH3 is 1. The maximum Gasteiger partial charge on any atom is 0.303 e. The third-order valence-electron chi connectivity index (χ3n) is 7.70. The molecule has 1 aliphatic rings. The summed E-state index contributed by atoms with van der Waals surface area (Å²) < 4.78 is 20.9. The molecule has 2 aromatic heterocycles.